The van der Waals surface area contributed by atoms with E-state index in [1.807, 2.05) is 20.8 Å². The van der Waals surface area contributed by atoms with E-state index in [0.29, 0.717) is 31.1 Å². The minimum Gasteiger partial charge on any atom is -0.392 e. The Labute approximate surface area is 302 Å². The number of ketones is 1. The minimum absolute atomic E-state index is 0.0683. The van der Waals surface area contributed by atoms with Gasteiger partial charge in [-0.05, 0) is 88.5 Å². The van der Waals surface area contributed by atoms with E-state index < -0.39 is 34.8 Å². The summed E-state index contributed by atoms with van der Waals surface area (Å²) in [6, 6.07) is 0. The van der Waals surface area contributed by atoms with Crippen LogP contribution < -0.4 is 0 Å². The van der Waals surface area contributed by atoms with E-state index in [1.54, 1.807) is 0 Å². The third-order valence-electron chi connectivity index (χ3n) is 15.1. The Kier molecular flexibility index (Phi) is 11.2. The summed E-state index contributed by atoms with van der Waals surface area (Å²) >= 11 is 0. The van der Waals surface area contributed by atoms with Gasteiger partial charge in [0.25, 0.3) is 0 Å². The van der Waals surface area contributed by atoms with Gasteiger partial charge in [-0.3, -0.25) is 4.79 Å². The first-order valence-corrected chi connectivity index (χ1v) is 20.6. The van der Waals surface area contributed by atoms with Gasteiger partial charge in [0.05, 0.1) is 47.8 Å². The smallest absolute Gasteiger partial charge is 0.193 e. The third kappa shape index (κ3) is 6.51. The summed E-state index contributed by atoms with van der Waals surface area (Å²) < 4.78 is 34.5. The maximum absolute atomic E-state index is 14.4. The molecular weight excluding hydrogens is 632 g/mol. The molecule has 2 N–H and O–H groups in total. The fourth-order valence-electron chi connectivity index (χ4n) is 11.1. The predicted molar refractivity (Wildman–Crippen MR) is 193 cm³/mol. The molecule has 0 aromatic carbocycles. The summed E-state index contributed by atoms with van der Waals surface area (Å²) in [5.41, 5.74) is -1.23. The Morgan fingerprint density at radius 3 is 2.30 bits per heavy atom. The topological polar surface area (TPSA) is 104 Å². The standard InChI is InChI=1S/C42H70O8/c1-11-24(4)33-15-14-25(5)37(47-33)29(9)35(43)28(8)36(44)32(12-2)38-26(6)22-27(7)41(48-38)19-16-31-23-40(20-21-42(31,49-40)50-41)34-17-18-39(45,13-3)30(10)46-34/h16,19,24-35,37-38,43,45H,11-15,17-18,20-23H2,1-10H3/t24-,25-,26-,27+,28-,29-,30-,31-,32-,33+,34+,35+,37+,38-,39+,40+,41-,42-/m0/s1. The van der Waals surface area contributed by atoms with E-state index in [-0.39, 0.29) is 65.9 Å². The van der Waals surface area contributed by atoms with Crippen molar-refractivity contribution in [3.63, 3.8) is 0 Å². The highest BCUT2D eigenvalue weighted by Crippen LogP contribution is 2.63. The van der Waals surface area contributed by atoms with E-state index >= 15 is 0 Å². The number of carbonyl (C=O) groups is 1. The zero-order chi connectivity index (χ0) is 36.4. The van der Waals surface area contributed by atoms with Crippen LogP contribution in [0.1, 0.15) is 140 Å². The molecular formula is C42H70O8. The number of ether oxygens (including phenoxy) is 5. The number of fused-ring (bicyclic) bond motifs is 1. The molecule has 8 nitrogen and oxygen atoms in total. The molecule has 0 aliphatic carbocycles. The van der Waals surface area contributed by atoms with Crippen LogP contribution >= 0.6 is 0 Å². The van der Waals surface area contributed by atoms with Crippen molar-refractivity contribution in [2.75, 3.05) is 0 Å². The Hall–Kier alpha value is -0.870. The summed E-state index contributed by atoms with van der Waals surface area (Å²) in [5, 5.41) is 22.8. The van der Waals surface area contributed by atoms with Crippen LogP contribution in [0.25, 0.3) is 0 Å². The van der Waals surface area contributed by atoms with Crippen LogP contribution in [0.4, 0.5) is 0 Å². The van der Waals surface area contributed by atoms with E-state index in [2.05, 4.69) is 60.6 Å². The molecule has 5 saturated heterocycles. The molecule has 286 valence electrons. The molecule has 6 aliphatic heterocycles. The van der Waals surface area contributed by atoms with Crippen LogP contribution in [-0.2, 0) is 28.5 Å². The van der Waals surface area contributed by atoms with Crippen molar-refractivity contribution in [3.05, 3.63) is 12.2 Å². The molecule has 2 bridgehead atoms. The number of hydrogen-bond acceptors (Lipinski definition) is 8. The first-order chi connectivity index (χ1) is 23.6. The van der Waals surface area contributed by atoms with Crippen molar-refractivity contribution in [3.8, 4) is 0 Å². The van der Waals surface area contributed by atoms with Gasteiger partial charge in [0.1, 0.15) is 5.78 Å². The zero-order valence-electron chi connectivity index (χ0n) is 32.9. The zero-order valence-corrected chi connectivity index (χ0v) is 32.9. The molecule has 0 aromatic rings. The summed E-state index contributed by atoms with van der Waals surface area (Å²) in [7, 11) is 0. The lowest BCUT2D eigenvalue weighted by Gasteiger charge is -2.53. The second-order valence-electron chi connectivity index (χ2n) is 18.1. The summed E-state index contributed by atoms with van der Waals surface area (Å²) in [5.74, 6) is -1.62. The highest BCUT2D eigenvalue weighted by atomic mass is 16.8. The van der Waals surface area contributed by atoms with Gasteiger partial charge in [-0.2, -0.15) is 0 Å². The second-order valence-corrected chi connectivity index (χ2v) is 18.1. The number of carbonyl (C=O) groups excluding carboxylic acids is 1. The van der Waals surface area contributed by atoms with Gasteiger partial charge in [-0.15, -0.1) is 0 Å². The van der Waals surface area contributed by atoms with Crippen molar-refractivity contribution in [2.24, 2.45) is 47.3 Å². The van der Waals surface area contributed by atoms with Gasteiger partial charge in [0.15, 0.2) is 11.6 Å². The molecule has 50 heavy (non-hydrogen) atoms. The minimum atomic E-state index is -0.990. The Balaban J connectivity index is 1.16. The van der Waals surface area contributed by atoms with E-state index in [0.717, 1.165) is 51.4 Å². The van der Waals surface area contributed by atoms with Crippen LogP contribution in [0.5, 0.6) is 0 Å². The SMILES string of the molecule is CC[C@H](C)[C@H]1CC[C@H](C)[C@H]([C@@H](C)[C@H](O)[C@H](C)C(=O)[C@H](CC)[C@H]2O[C@]3(C=C[C@H]4C[C@@]5([C@H]6CC[C@](O)(CC)[C@H](C)O6)CC[C@]4(O5)O3)[C@H](C)C[C@@H]2C)O1. The molecule has 5 fully saturated rings. The predicted octanol–water partition coefficient (Wildman–Crippen LogP) is 7.76. The van der Waals surface area contributed by atoms with Gasteiger partial charge in [-0.25, -0.2) is 0 Å². The first kappa shape index (κ1) is 38.8. The van der Waals surface area contributed by atoms with Gasteiger partial charge in [-0.1, -0.05) is 74.8 Å². The fourth-order valence-corrected chi connectivity index (χ4v) is 11.1. The second kappa shape index (κ2) is 14.4. The summed E-state index contributed by atoms with van der Waals surface area (Å²) in [6.45, 7) is 21.1. The van der Waals surface area contributed by atoms with Crippen molar-refractivity contribution >= 4 is 5.78 Å². The van der Waals surface area contributed by atoms with Crippen molar-refractivity contribution in [1.29, 1.82) is 0 Å². The molecule has 0 unspecified atom stereocenters. The van der Waals surface area contributed by atoms with Gasteiger partial charge in [0.2, 0.25) is 0 Å². The molecule has 0 amide bonds. The van der Waals surface area contributed by atoms with Crippen molar-refractivity contribution in [1.82, 2.24) is 0 Å². The number of aliphatic hydroxyl groups excluding tert-OH is 1. The number of Topliss-reactive ketones (excluding diaryl/α,β-unsaturated/α-hetero) is 1. The number of rotatable bonds is 11. The molecule has 6 rings (SSSR count). The van der Waals surface area contributed by atoms with Gasteiger partial charge < -0.3 is 33.9 Å². The summed E-state index contributed by atoms with van der Waals surface area (Å²) in [4.78, 5) is 14.4. The van der Waals surface area contributed by atoms with E-state index in [4.69, 9.17) is 23.7 Å². The average Bonchev–Trinajstić information content (AvgIpc) is 3.64. The van der Waals surface area contributed by atoms with E-state index in [1.165, 1.54) is 0 Å². The van der Waals surface area contributed by atoms with Crippen LogP contribution in [0.3, 0.4) is 0 Å². The van der Waals surface area contributed by atoms with Crippen molar-refractivity contribution < 1.29 is 38.7 Å². The van der Waals surface area contributed by atoms with Gasteiger partial charge >= 0.3 is 0 Å². The summed E-state index contributed by atoms with van der Waals surface area (Å²) in [6.07, 6.45) is 12.4. The van der Waals surface area contributed by atoms with Crippen LogP contribution in [0.2, 0.25) is 0 Å². The highest BCUT2D eigenvalue weighted by Gasteiger charge is 2.69. The molecule has 6 heterocycles. The molecule has 0 saturated carbocycles. The lowest BCUT2D eigenvalue weighted by Crippen LogP contribution is -2.60. The molecule has 6 aliphatic rings. The Morgan fingerprint density at radius 2 is 1.64 bits per heavy atom. The maximum Gasteiger partial charge on any atom is 0.193 e. The monoisotopic (exact) mass is 703 g/mol. The molecule has 18 atom stereocenters. The van der Waals surface area contributed by atoms with Crippen LogP contribution in [0.15, 0.2) is 12.2 Å². The van der Waals surface area contributed by atoms with Gasteiger partial charge in [0, 0.05) is 36.0 Å². The fraction of sp³-hybridized carbons (Fsp3) is 0.929. The van der Waals surface area contributed by atoms with Crippen molar-refractivity contribution in [2.45, 2.75) is 199 Å². The molecule has 0 aromatic heterocycles. The lowest BCUT2D eigenvalue weighted by molar-refractivity contribution is -0.387. The van der Waals surface area contributed by atoms with Crippen LogP contribution in [-0.4, -0.2) is 75.4 Å². The Morgan fingerprint density at radius 1 is 0.900 bits per heavy atom. The third-order valence-corrected chi connectivity index (χ3v) is 15.1. The number of aliphatic hydroxyl groups is 2. The Bertz CT molecular complexity index is 1240. The normalized spacial score (nSPS) is 48.9. The van der Waals surface area contributed by atoms with E-state index in [9.17, 15) is 15.0 Å². The average molecular weight is 703 g/mol. The van der Waals surface area contributed by atoms with Crippen LogP contribution in [0, 0.1) is 47.3 Å². The molecule has 0 radical (unpaired) electrons. The molecule has 2 spiro atoms. The maximum atomic E-state index is 14.4. The quantitative estimate of drug-likeness (QED) is 0.211. The molecule has 8 heteroatoms. The highest BCUT2D eigenvalue weighted by molar-refractivity contribution is 5.84. The number of hydrogen-bond donors (Lipinski definition) is 2. The first-order valence-electron chi connectivity index (χ1n) is 20.6. The lowest BCUT2D eigenvalue weighted by atomic mass is 9.70. The largest absolute Gasteiger partial charge is 0.392 e.